The van der Waals surface area contributed by atoms with Crippen LogP contribution in [-0.4, -0.2) is 19.6 Å². The van der Waals surface area contributed by atoms with Gasteiger partial charge in [-0.05, 0) is 85.4 Å². The fourth-order valence-electron chi connectivity index (χ4n) is 9.19. The van der Waals surface area contributed by atoms with E-state index in [1.807, 2.05) is 12.3 Å². The van der Waals surface area contributed by atoms with Crippen LogP contribution in [0.15, 0.2) is 164 Å². The van der Waals surface area contributed by atoms with Gasteiger partial charge < -0.3 is 5.11 Å². The Kier molecular flexibility index (Phi) is 13.2. The first kappa shape index (κ1) is 49.1. The predicted molar refractivity (Wildman–Crippen MR) is 287 cm³/mol. The molecule has 352 valence electrons. The summed E-state index contributed by atoms with van der Waals surface area (Å²) in [7, 11) is 0. The minimum absolute atomic E-state index is 0. The summed E-state index contributed by atoms with van der Waals surface area (Å²) < 4.78 is 2.34. The van der Waals surface area contributed by atoms with Crippen LogP contribution in [0.25, 0.3) is 83.9 Å². The first-order valence-electron chi connectivity index (χ1n) is 24.0. The van der Waals surface area contributed by atoms with Gasteiger partial charge in [0, 0.05) is 49.6 Å². The molecule has 7 aromatic carbocycles. The van der Waals surface area contributed by atoms with E-state index in [1.165, 1.54) is 11.1 Å². The van der Waals surface area contributed by atoms with Gasteiger partial charge in [0.25, 0.3) is 0 Å². The third kappa shape index (κ3) is 9.79. The van der Waals surface area contributed by atoms with Crippen LogP contribution >= 0.6 is 0 Å². The van der Waals surface area contributed by atoms with Gasteiger partial charge >= 0.3 is 0 Å². The van der Waals surface area contributed by atoms with E-state index in [-0.39, 0.29) is 48.5 Å². The third-order valence-electron chi connectivity index (χ3n) is 13.2. The molecule has 1 N–H and O–H groups in total. The Balaban J connectivity index is 0.00000642. The zero-order chi connectivity index (χ0) is 48.3. The summed E-state index contributed by atoms with van der Waals surface area (Å²) >= 11 is 0. The van der Waals surface area contributed by atoms with Crippen LogP contribution < -0.4 is 0 Å². The Morgan fingerprint density at radius 2 is 0.942 bits per heavy atom. The molecule has 0 aliphatic carbocycles. The molecule has 0 radical (unpaired) electrons. The van der Waals surface area contributed by atoms with Crippen LogP contribution in [0.3, 0.4) is 0 Å². The molecule has 0 aliphatic heterocycles. The second-order valence-electron chi connectivity index (χ2n) is 22.5. The molecule has 5 heteroatoms. The van der Waals surface area contributed by atoms with Gasteiger partial charge in [-0.15, -0.1) is 29.3 Å². The first-order valence-corrected chi connectivity index (χ1v) is 24.0. The van der Waals surface area contributed by atoms with Gasteiger partial charge in [-0.25, -0.2) is 4.98 Å². The van der Waals surface area contributed by atoms with Gasteiger partial charge in [-0.2, -0.15) is 0 Å². The van der Waals surface area contributed by atoms with E-state index in [1.54, 1.807) is 0 Å². The van der Waals surface area contributed by atoms with E-state index in [0.717, 1.165) is 83.6 Å². The van der Waals surface area contributed by atoms with E-state index in [4.69, 9.17) is 9.97 Å². The number of hydrogen-bond donors (Lipinski definition) is 1. The zero-order valence-electron chi connectivity index (χ0n) is 42.2. The maximum Gasteiger partial charge on any atom is 0.148 e. The normalized spacial score (nSPS) is 12.3. The van der Waals surface area contributed by atoms with E-state index >= 15 is 0 Å². The number of aromatic hydroxyl groups is 1. The van der Waals surface area contributed by atoms with E-state index < -0.39 is 0 Å². The van der Waals surface area contributed by atoms with Gasteiger partial charge in [0.05, 0.1) is 22.3 Å². The van der Waals surface area contributed by atoms with Crippen molar-refractivity contribution >= 4 is 11.0 Å². The van der Waals surface area contributed by atoms with Crippen molar-refractivity contribution in [2.24, 2.45) is 0 Å². The van der Waals surface area contributed by atoms with Crippen LogP contribution in [0, 0.1) is 6.07 Å². The third-order valence-corrected chi connectivity index (χ3v) is 13.2. The number of nitrogens with zero attached hydrogens (tertiary/aromatic N) is 3. The minimum Gasteiger partial charge on any atom is -0.507 e. The van der Waals surface area contributed by atoms with Crippen molar-refractivity contribution < 1.29 is 26.2 Å². The van der Waals surface area contributed by atoms with Crippen molar-refractivity contribution in [3.05, 3.63) is 192 Å². The molecule has 0 unspecified atom stereocenters. The van der Waals surface area contributed by atoms with Crippen molar-refractivity contribution in [2.45, 2.75) is 105 Å². The summed E-state index contributed by atoms with van der Waals surface area (Å²) in [5, 5.41) is 12.8. The quantitative estimate of drug-likeness (QED) is 0.162. The van der Waals surface area contributed by atoms with Crippen molar-refractivity contribution in [2.75, 3.05) is 0 Å². The fraction of sp³-hybridized carbons (Fsp3) is 0.250. The Bertz CT molecular complexity index is 3240. The van der Waals surface area contributed by atoms with E-state index in [9.17, 15) is 5.11 Å². The Hall–Kier alpha value is -6.35. The minimum atomic E-state index is -0.356. The van der Waals surface area contributed by atoms with Crippen LogP contribution in [0.5, 0.6) is 5.75 Å². The summed E-state index contributed by atoms with van der Waals surface area (Å²) in [6.07, 6.45) is 1.90. The molecule has 9 aromatic rings. The van der Waals surface area contributed by atoms with Gasteiger partial charge in [0.2, 0.25) is 0 Å². The van der Waals surface area contributed by atoms with Gasteiger partial charge in [-0.3, -0.25) is 9.55 Å². The predicted octanol–water partition coefficient (Wildman–Crippen LogP) is 17.1. The largest absolute Gasteiger partial charge is 0.507 e. The van der Waals surface area contributed by atoms with Crippen LogP contribution in [0.4, 0.5) is 0 Å². The molecule has 0 saturated carbocycles. The molecule has 9 rings (SSSR count). The molecule has 0 aliphatic rings. The van der Waals surface area contributed by atoms with Crippen molar-refractivity contribution in [3.63, 3.8) is 0 Å². The molecule has 2 aromatic heterocycles. The van der Waals surface area contributed by atoms with Crippen molar-refractivity contribution in [3.8, 4) is 78.6 Å². The molecule has 0 amide bonds. The summed E-state index contributed by atoms with van der Waals surface area (Å²) in [5.41, 5.74) is 17.2. The average Bonchev–Trinajstić information content (AvgIpc) is 3.70. The summed E-state index contributed by atoms with van der Waals surface area (Å²) in [6, 6.07) is 60.1. The van der Waals surface area contributed by atoms with E-state index in [2.05, 4.69) is 245 Å². The van der Waals surface area contributed by atoms with Crippen LogP contribution in [-0.2, 0) is 42.7 Å². The number of para-hydroxylation sites is 1. The number of hydrogen-bond acceptors (Lipinski definition) is 3. The summed E-state index contributed by atoms with van der Waals surface area (Å²) in [5.74, 6) is 0.911. The molecular weight excluding hydrogens is 1020 g/mol. The van der Waals surface area contributed by atoms with E-state index in [0.29, 0.717) is 11.4 Å². The summed E-state index contributed by atoms with van der Waals surface area (Å²) in [4.78, 5) is 10.7. The molecule has 4 nitrogen and oxygen atoms in total. The van der Waals surface area contributed by atoms with Gasteiger partial charge in [0.1, 0.15) is 11.6 Å². The number of benzene rings is 7. The molecule has 0 spiro atoms. The first-order chi connectivity index (χ1) is 32.2. The molecule has 2 heterocycles. The molecule has 0 atom stereocenters. The maximum atomic E-state index is 12.8. The smallest absolute Gasteiger partial charge is 0.148 e. The Morgan fingerprint density at radius 1 is 0.449 bits per heavy atom. The SMILES string of the molecule is CC(C)(C)c1cc(-c2cc(-c3ccccc3)ccn2)[c-]c(-c2cccc3c2nc(-c2cc(C(C)(C)C)cc(C(C)(C)C)c2O)n3-c2c(-c3ccccc3)cc(C(C)(C)C)cc2-c2ccccc2)c1.[Pt]. The van der Waals surface area contributed by atoms with Crippen molar-refractivity contribution in [1.82, 2.24) is 14.5 Å². The van der Waals surface area contributed by atoms with Crippen molar-refractivity contribution in [1.29, 1.82) is 0 Å². The zero-order valence-corrected chi connectivity index (χ0v) is 44.5. The Labute approximate surface area is 424 Å². The molecule has 0 bridgehead atoms. The molecule has 0 saturated heterocycles. The number of phenols is 1. The number of imidazole rings is 1. The monoisotopic (exact) mass is 1090 g/mol. The van der Waals surface area contributed by atoms with Gasteiger partial charge in [0.15, 0.2) is 0 Å². The molecule has 0 fully saturated rings. The number of rotatable bonds is 7. The topological polar surface area (TPSA) is 50.9 Å². The summed E-state index contributed by atoms with van der Waals surface area (Å²) in [6.45, 7) is 26.8. The fourth-order valence-corrected chi connectivity index (χ4v) is 9.19. The van der Waals surface area contributed by atoms with Gasteiger partial charge in [-0.1, -0.05) is 209 Å². The Morgan fingerprint density at radius 3 is 1.48 bits per heavy atom. The average molecular weight is 1090 g/mol. The number of aromatic nitrogens is 3. The number of pyridine rings is 1. The molecule has 69 heavy (non-hydrogen) atoms. The maximum absolute atomic E-state index is 12.8. The number of fused-ring (bicyclic) bond motifs is 1. The van der Waals surface area contributed by atoms with Crippen LogP contribution in [0.1, 0.15) is 105 Å². The second kappa shape index (κ2) is 18.5. The number of phenolic OH excluding ortho intramolecular Hbond substituents is 1. The standard InChI is InChI=1S/C64H64N3O.Pt/c1-61(2,3)47-34-45(33-46(35-47)55-36-44(31-32-65-55)41-23-16-13-17-24-41)50-29-22-30-56-57(50)66-60(53-39-49(63(7,8)9)40-54(59(53)68)64(10,11)12)67(56)58-51(42-25-18-14-19-26-42)37-48(62(4,5)6)38-52(58)43-27-20-15-21-28-43;/h13-32,34-40,68H,1-12H3;/q-1;. The van der Waals surface area contributed by atoms with Crippen LogP contribution in [0.2, 0.25) is 0 Å². The second-order valence-corrected chi connectivity index (χ2v) is 22.5. The molecular formula is C64H64N3OPt-.